The van der Waals surface area contributed by atoms with Crippen molar-refractivity contribution in [1.29, 1.82) is 0 Å². The summed E-state index contributed by atoms with van der Waals surface area (Å²) in [6.07, 6.45) is 3.97. The zero-order valence-electron chi connectivity index (χ0n) is 14.5. The molecule has 1 saturated heterocycles. The Labute approximate surface area is 160 Å². The van der Waals surface area contributed by atoms with Crippen molar-refractivity contribution in [2.45, 2.75) is 43.4 Å². The van der Waals surface area contributed by atoms with Crippen LogP contribution in [0.3, 0.4) is 0 Å². The Morgan fingerprint density at radius 2 is 2.08 bits per heavy atom. The molecule has 1 aromatic heterocycles. The van der Waals surface area contributed by atoms with Gasteiger partial charge in [0.05, 0.1) is 4.58 Å². The van der Waals surface area contributed by atoms with Crippen molar-refractivity contribution in [3.63, 3.8) is 0 Å². The SMILES string of the molecule is O=C(Cn1nc2n(c1=O)CCCCC2)Nc1cccc(C2SCCS2)c1. The molecule has 1 amide bonds. The van der Waals surface area contributed by atoms with Gasteiger partial charge >= 0.3 is 5.69 Å². The van der Waals surface area contributed by atoms with E-state index >= 15 is 0 Å². The van der Waals surface area contributed by atoms with E-state index in [1.807, 2.05) is 41.7 Å². The number of fused-ring (bicyclic) bond motifs is 1. The second-order valence-electron chi connectivity index (χ2n) is 6.57. The van der Waals surface area contributed by atoms with Crippen LogP contribution in [-0.2, 0) is 24.3 Å². The molecule has 0 saturated carbocycles. The van der Waals surface area contributed by atoms with E-state index in [4.69, 9.17) is 0 Å². The molecule has 0 bridgehead atoms. The minimum Gasteiger partial charge on any atom is -0.324 e. The summed E-state index contributed by atoms with van der Waals surface area (Å²) < 4.78 is 3.45. The summed E-state index contributed by atoms with van der Waals surface area (Å²) in [6, 6.07) is 7.98. The normalized spacial score (nSPS) is 17.7. The zero-order valence-corrected chi connectivity index (χ0v) is 16.2. The average Bonchev–Trinajstić information content (AvgIpc) is 3.19. The first-order chi connectivity index (χ1) is 12.7. The molecule has 3 heterocycles. The lowest BCUT2D eigenvalue weighted by Gasteiger charge is -2.11. The number of amides is 1. The van der Waals surface area contributed by atoms with Crippen molar-refractivity contribution in [2.75, 3.05) is 16.8 Å². The quantitative estimate of drug-likeness (QED) is 0.869. The minimum absolute atomic E-state index is 0.0456. The number of nitrogens with one attached hydrogen (secondary N) is 1. The van der Waals surface area contributed by atoms with Gasteiger partial charge in [-0.3, -0.25) is 9.36 Å². The molecule has 26 heavy (non-hydrogen) atoms. The predicted molar refractivity (Wildman–Crippen MR) is 107 cm³/mol. The molecule has 0 aliphatic carbocycles. The Bertz CT molecular complexity index is 855. The van der Waals surface area contributed by atoms with E-state index in [2.05, 4.69) is 16.5 Å². The van der Waals surface area contributed by atoms with Gasteiger partial charge in [0, 0.05) is 30.2 Å². The number of carbonyl (C=O) groups excluding carboxylic acids is 1. The first kappa shape index (κ1) is 17.7. The van der Waals surface area contributed by atoms with Crippen molar-refractivity contribution in [1.82, 2.24) is 14.3 Å². The lowest BCUT2D eigenvalue weighted by molar-refractivity contribution is -0.117. The lowest BCUT2D eigenvalue weighted by Crippen LogP contribution is -2.30. The molecule has 4 rings (SSSR count). The second kappa shape index (κ2) is 7.92. The molecule has 2 aliphatic heterocycles. The zero-order chi connectivity index (χ0) is 17.9. The highest BCUT2D eigenvalue weighted by molar-refractivity contribution is 8.19. The van der Waals surface area contributed by atoms with Gasteiger partial charge < -0.3 is 5.32 Å². The minimum atomic E-state index is -0.218. The van der Waals surface area contributed by atoms with Crippen molar-refractivity contribution in [3.05, 3.63) is 46.1 Å². The fourth-order valence-corrected chi connectivity index (χ4v) is 6.22. The molecule has 0 unspecified atom stereocenters. The maximum atomic E-state index is 12.5. The highest BCUT2D eigenvalue weighted by Crippen LogP contribution is 2.45. The third kappa shape index (κ3) is 3.86. The van der Waals surface area contributed by atoms with Crippen LogP contribution in [0, 0.1) is 0 Å². The van der Waals surface area contributed by atoms with Crippen molar-refractivity contribution in [3.8, 4) is 0 Å². The van der Waals surface area contributed by atoms with Gasteiger partial charge in [-0.25, -0.2) is 9.48 Å². The molecular formula is C18H22N4O2S2. The predicted octanol–water partition coefficient (Wildman–Crippen LogP) is 2.89. The Morgan fingerprint density at radius 1 is 1.23 bits per heavy atom. The van der Waals surface area contributed by atoms with Gasteiger partial charge in [0.2, 0.25) is 5.91 Å². The highest BCUT2D eigenvalue weighted by Gasteiger charge is 2.19. The molecule has 1 fully saturated rings. The average molecular weight is 391 g/mol. The number of carbonyl (C=O) groups is 1. The number of benzene rings is 1. The largest absolute Gasteiger partial charge is 0.346 e. The molecule has 0 atom stereocenters. The summed E-state index contributed by atoms with van der Waals surface area (Å²) in [5.74, 6) is 2.92. The number of rotatable bonds is 4. The first-order valence-corrected chi connectivity index (χ1v) is 11.1. The monoisotopic (exact) mass is 390 g/mol. The van der Waals surface area contributed by atoms with Gasteiger partial charge in [-0.2, -0.15) is 5.10 Å². The van der Waals surface area contributed by atoms with E-state index in [1.165, 1.54) is 21.8 Å². The van der Waals surface area contributed by atoms with Crippen LogP contribution in [0.1, 0.15) is 35.2 Å². The topological polar surface area (TPSA) is 68.9 Å². The molecule has 0 radical (unpaired) electrons. The summed E-state index contributed by atoms with van der Waals surface area (Å²) >= 11 is 3.87. The van der Waals surface area contributed by atoms with Gasteiger partial charge in [0.1, 0.15) is 12.4 Å². The smallest absolute Gasteiger partial charge is 0.324 e. The van der Waals surface area contributed by atoms with Crippen LogP contribution >= 0.6 is 23.5 Å². The Hall–Kier alpha value is -1.67. The van der Waals surface area contributed by atoms with Crippen LogP contribution < -0.4 is 11.0 Å². The third-order valence-electron chi connectivity index (χ3n) is 4.64. The van der Waals surface area contributed by atoms with Gasteiger partial charge in [-0.1, -0.05) is 18.6 Å². The number of hydrogen-bond donors (Lipinski definition) is 1. The van der Waals surface area contributed by atoms with Crippen molar-refractivity contribution >= 4 is 35.1 Å². The molecule has 2 aliphatic rings. The van der Waals surface area contributed by atoms with Gasteiger partial charge in [-0.05, 0) is 30.5 Å². The standard InChI is InChI=1S/C18H22N4O2S2/c23-16(12-22-18(24)21-8-3-1-2-7-15(21)20-22)19-14-6-4-5-13(11-14)17-25-9-10-26-17/h4-6,11,17H,1-3,7-10,12H2,(H,19,23). The maximum Gasteiger partial charge on any atom is 0.346 e. The number of hydrogen-bond acceptors (Lipinski definition) is 5. The number of aryl methyl sites for hydroxylation is 1. The fraction of sp³-hybridized carbons (Fsp3) is 0.500. The summed E-state index contributed by atoms with van der Waals surface area (Å²) in [5.41, 5.74) is 1.82. The van der Waals surface area contributed by atoms with Gasteiger partial charge in [-0.15, -0.1) is 23.5 Å². The molecule has 0 spiro atoms. The van der Waals surface area contributed by atoms with Crippen LogP contribution in [0.15, 0.2) is 29.1 Å². The van der Waals surface area contributed by atoms with Crippen molar-refractivity contribution < 1.29 is 4.79 Å². The Kier molecular flexibility index (Phi) is 5.40. The lowest BCUT2D eigenvalue weighted by atomic mass is 10.2. The van der Waals surface area contributed by atoms with E-state index < -0.39 is 0 Å². The number of anilines is 1. The van der Waals surface area contributed by atoms with Crippen molar-refractivity contribution in [2.24, 2.45) is 0 Å². The summed E-state index contributed by atoms with van der Waals surface area (Å²) in [6.45, 7) is 0.657. The van der Waals surface area contributed by atoms with Crippen LogP contribution in [-0.4, -0.2) is 31.8 Å². The fourth-order valence-electron chi connectivity index (χ4n) is 3.38. The maximum absolute atomic E-state index is 12.5. The molecule has 1 aromatic carbocycles. The van der Waals surface area contributed by atoms with E-state index in [0.29, 0.717) is 11.1 Å². The summed E-state index contributed by atoms with van der Waals surface area (Å²) in [4.78, 5) is 24.9. The van der Waals surface area contributed by atoms with Crippen LogP contribution in [0.5, 0.6) is 0 Å². The Balaban J connectivity index is 1.44. The van der Waals surface area contributed by atoms with Gasteiger partial charge in [0.15, 0.2) is 0 Å². The number of thioether (sulfide) groups is 2. The van der Waals surface area contributed by atoms with Crippen LogP contribution in [0.2, 0.25) is 0 Å². The second-order valence-corrected chi connectivity index (χ2v) is 9.29. The molecule has 2 aromatic rings. The molecule has 1 N–H and O–H groups in total. The summed E-state index contributed by atoms with van der Waals surface area (Å²) in [5, 5.41) is 7.28. The number of aromatic nitrogens is 3. The number of nitrogens with zero attached hydrogens (tertiary/aromatic N) is 3. The van der Waals surface area contributed by atoms with E-state index in [0.717, 1.165) is 37.2 Å². The highest BCUT2D eigenvalue weighted by atomic mass is 32.2. The molecule has 138 valence electrons. The first-order valence-electron chi connectivity index (χ1n) is 9.00. The van der Waals surface area contributed by atoms with Crippen LogP contribution in [0.4, 0.5) is 5.69 Å². The van der Waals surface area contributed by atoms with E-state index in [-0.39, 0.29) is 18.1 Å². The van der Waals surface area contributed by atoms with E-state index in [1.54, 1.807) is 4.57 Å². The van der Waals surface area contributed by atoms with E-state index in [9.17, 15) is 9.59 Å². The molecule has 6 nitrogen and oxygen atoms in total. The van der Waals surface area contributed by atoms with Gasteiger partial charge in [0.25, 0.3) is 0 Å². The summed E-state index contributed by atoms with van der Waals surface area (Å²) in [7, 11) is 0. The van der Waals surface area contributed by atoms with Crippen LogP contribution in [0.25, 0.3) is 0 Å². The molecule has 8 heteroatoms. The Morgan fingerprint density at radius 3 is 2.92 bits per heavy atom. The molecular weight excluding hydrogens is 368 g/mol. The third-order valence-corrected chi connectivity index (χ3v) is 7.74.